The Hall–Kier alpha value is -1.57. The Bertz CT molecular complexity index is 530. The van der Waals surface area contributed by atoms with E-state index in [1.54, 1.807) is 11.4 Å². The molecule has 0 spiro atoms. The molecular weight excluding hydrogens is 317 g/mol. The third-order valence-corrected chi connectivity index (χ3v) is 2.87. The zero-order valence-corrected chi connectivity index (χ0v) is 10.2. The highest BCUT2D eigenvalue weighted by atomic mass is 79.9. The molecule has 18 heavy (non-hydrogen) atoms. The maximum Gasteiger partial charge on any atom is 0.471 e. The number of rotatable bonds is 1. The van der Waals surface area contributed by atoms with Crippen LogP contribution in [0.1, 0.15) is 11.6 Å². The van der Waals surface area contributed by atoms with E-state index in [-0.39, 0.29) is 0 Å². The molecule has 0 saturated carbocycles. The maximum atomic E-state index is 12.1. The summed E-state index contributed by atoms with van der Waals surface area (Å²) in [6.45, 7) is 0. The van der Waals surface area contributed by atoms with Gasteiger partial charge in [-0.15, -0.1) is 0 Å². The lowest BCUT2D eigenvalue weighted by Crippen LogP contribution is -2.41. The van der Waals surface area contributed by atoms with Crippen LogP contribution in [0.2, 0.25) is 0 Å². The number of carbonyl (C=O) groups excluding carboxylic acids is 2. The van der Waals surface area contributed by atoms with Crippen molar-refractivity contribution in [3.63, 3.8) is 0 Å². The van der Waals surface area contributed by atoms with Crippen molar-refractivity contribution in [2.45, 2.75) is 12.2 Å². The first-order valence-corrected chi connectivity index (χ1v) is 5.56. The summed E-state index contributed by atoms with van der Waals surface area (Å²) >= 11 is 3.14. The summed E-state index contributed by atoms with van der Waals surface area (Å²) in [4.78, 5) is 22.3. The van der Waals surface area contributed by atoms with E-state index in [0.29, 0.717) is 15.7 Å². The quantitative estimate of drug-likeness (QED) is 0.832. The van der Waals surface area contributed by atoms with E-state index in [2.05, 4.69) is 21.2 Å². The van der Waals surface area contributed by atoms with E-state index in [9.17, 15) is 22.8 Å². The predicted octanol–water partition coefficient (Wildman–Crippen LogP) is 2.12. The third-order valence-electron chi connectivity index (χ3n) is 2.38. The van der Waals surface area contributed by atoms with Gasteiger partial charge in [-0.25, -0.2) is 0 Å². The molecule has 1 aliphatic heterocycles. The van der Waals surface area contributed by atoms with Crippen LogP contribution in [0.4, 0.5) is 18.9 Å². The van der Waals surface area contributed by atoms with E-state index in [4.69, 9.17) is 0 Å². The van der Waals surface area contributed by atoms with Gasteiger partial charge in [-0.3, -0.25) is 9.59 Å². The normalized spacial score (nSPS) is 18.2. The van der Waals surface area contributed by atoms with Crippen molar-refractivity contribution in [3.05, 3.63) is 28.2 Å². The number of hydrogen-bond acceptors (Lipinski definition) is 2. The minimum atomic E-state index is -5.02. The predicted molar refractivity (Wildman–Crippen MR) is 59.7 cm³/mol. The molecule has 1 unspecified atom stereocenters. The Morgan fingerprint density at radius 2 is 2.06 bits per heavy atom. The number of carbonyl (C=O) groups is 2. The Morgan fingerprint density at radius 3 is 2.67 bits per heavy atom. The van der Waals surface area contributed by atoms with E-state index in [1.807, 2.05) is 0 Å². The zero-order chi connectivity index (χ0) is 13.5. The highest BCUT2D eigenvalue weighted by molar-refractivity contribution is 9.10. The highest BCUT2D eigenvalue weighted by Crippen LogP contribution is 2.33. The molecule has 0 aromatic heterocycles. The van der Waals surface area contributed by atoms with Crippen molar-refractivity contribution in [3.8, 4) is 0 Å². The fourth-order valence-electron chi connectivity index (χ4n) is 1.59. The van der Waals surface area contributed by atoms with Crippen LogP contribution in [0.25, 0.3) is 0 Å². The molecule has 2 rings (SSSR count). The van der Waals surface area contributed by atoms with Gasteiger partial charge in [-0.05, 0) is 18.2 Å². The van der Waals surface area contributed by atoms with Gasteiger partial charge in [0.25, 0.3) is 5.91 Å². The van der Waals surface area contributed by atoms with Crippen molar-refractivity contribution in [2.75, 3.05) is 5.32 Å². The molecule has 1 aromatic rings. The first-order valence-electron chi connectivity index (χ1n) is 4.77. The summed E-state index contributed by atoms with van der Waals surface area (Å²) in [5, 5.41) is 4.04. The largest absolute Gasteiger partial charge is 0.471 e. The average molecular weight is 323 g/mol. The topological polar surface area (TPSA) is 58.2 Å². The van der Waals surface area contributed by atoms with Crippen LogP contribution in [0, 0.1) is 0 Å². The lowest BCUT2D eigenvalue weighted by molar-refractivity contribution is -0.174. The number of halogens is 4. The van der Waals surface area contributed by atoms with Crippen LogP contribution in [0.3, 0.4) is 0 Å². The van der Waals surface area contributed by atoms with Crippen molar-refractivity contribution < 1.29 is 22.8 Å². The number of hydrogen-bond donors (Lipinski definition) is 2. The first kappa shape index (κ1) is 12.9. The minimum absolute atomic E-state index is 0.298. The van der Waals surface area contributed by atoms with Gasteiger partial charge >= 0.3 is 12.1 Å². The molecule has 96 valence electrons. The van der Waals surface area contributed by atoms with Gasteiger partial charge in [0.1, 0.15) is 6.04 Å². The average Bonchev–Trinajstić information content (AvgIpc) is 2.54. The standard InChI is InChI=1S/C10H6BrF3N2O2/c11-4-1-2-6-5(3-4)7(8(17)15-6)16-9(18)10(12,13)14/h1-3,7H,(H,15,17)(H,16,18). The second-order valence-electron chi connectivity index (χ2n) is 3.63. The number of fused-ring (bicyclic) bond motifs is 1. The molecule has 0 saturated heterocycles. The number of alkyl halides is 3. The Morgan fingerprint density at radius 1 is 1.39 bits per heavy atom. The van der Waals surface area contributed by atoms with Crippen LogP contribution in [-0.2, 0) is 9.59 Å². The van der Waals surface area contributed by atoms with Gasteiger partial charge in [-0.2, -0.15) is 13.2 Å². The molecule has 1 aliphatic rings. The van der Waals surface area contributed by atoms with E-state index in [0.717, 1.165) is 0 Å². The number of amides is 2. The molecule has 0 bridgehead atoms. The molecule has 2 N–H and O–H groups in total. The van der Waals surface area contributed by atoms with Gasteiger partial charge in [0.05, 0.1) is 0 Å². The van der Waals surface area contributed by atoms with Crippen LogP contribution in [-0.4, -0.2) is 18.0 Å². The second-order valence-corrected chi connectivity index (χ2v) is 4.54. The van der Waals surface area contributed by atoms with Crippen LogP contribution in [0.15, 0.2) is 22.7 Å². The Balaban J connectivity index is 2.28. The van der Waals surface area contributed by atoms with E-state index in [1.165, 1.54) is 12.1 Å². The smallest absolute Gasteiger partial charge is 0.333 e. The van der Waals surface area contributed by atoms with Crippen molar-refractivity contribution in [2.24, 2.45) is 0 Å². The molecule has 1 atom stereocenters. The summed E-state index contributed by atoms with van der Waals surface area (Å²) < 4.78 is 37.0. The fraction of sp³-hybridized carbons (Fsp3) is 0.200. The molecule has 4 nitrogen and oxygen atoms in total. The molecule has 8 heteroatoms. The molecule has 0 aliphatic carbocycles. The lowest BCUT2D eigenvalue weighted by atomic mass is 10.1. The Labute approximate surface area is 108 Å². The minimum Gasteiger partial charge on any atom is -0.333 e. The number of anilines is 1. The van der Waals surface area contributed by atoms with Crippen LogP contribution in [0.5, 0.6) is 0 Å². The molecule has 0 radical (unpaired) electrons. The summed E-state index contributed by atoms with van der Waals surface area (Å²) in [7, 11) is 0. The second kappa shape index (κ2) is 4.27. The van der Waals surface area contributed by atoms with Gasteiger partial charge in [0, 0.05) is 15.7 Å². The summed E-state index contributed by atoms with van der Waals surface area (Å²) in [6.07, 6.45) is -5.02. The van der Waals surface area contributed by atoms with Gasteiger partial charge in [0.15, 0.2) is 0 Å². The van der Waals surface area contributed by atoms with Gasteiger partial charge < -0.3 is 10.6 Å². The van der Waals surface area contributed by atoms with Crippen LogP contribution >= 0.6 is 15.9 Å². The fourth-order valence-corrected chi connectivity index (χ4v) is 1.97. The first-order chi connectivity index (χ1) is 8.29. The lowest BCUT2D eigenvalue weighted by Gasteiger charge is -2.13. The third kappa shape index (κ3) is 2.33. The molecular formula is C10H6BrF3N2O2. The van der Waals surface area contributed by atoms with Crippen molar-refractivity contribution in [1.82, 2.24) is 5.32 Å². The zero-order valence-electron chi connectivity index (χ0n) is 8.64. The van der Waals surface area contributed by atoms with Crippen molar-refractivity contribution in [1.29, 1.82) is 0 Å². The molecule has 0 fully saturated rings. The highest BCUT2D eigenvalue weighted by Gasteiger charge is 2.42. The van der Waals surface area contributed by atoms with Gasteiger partial charge in [-0.1, -0.05) is 15.9 Å². The summed E-state index contributed by atoms with van der Waals surface area (Å²) in [5.74, 6) is -2.84. The van der Waals surface area contributed by atoms with Gasteiger partial charge in [0.2, 0.25) is 0 Å². The van der Waals surface area contributed by atoms with E-state index >= 15 is 0 Å². The maximum absolute atomic E-state index is 12.1. The summed E-state index contributed by atoms with van der Waals surface area (Å²) in [6, 6.07) is 3.32. The van der Waals surface area contributed by atoms with E-state index < -0.39 is 24.0 Å². The SMILES string of the molecule is O=C1Nc2ccc(Br)cc2C1NC(=O)C(F)(F)F. The number of nitrogens with one attached hydrogen (secondary N) is 2. The van der Waals surface area contributed by atoms with Crippen LogP contribution < -0.4 is 10.6 Å². The monoisotopic (exact) mass is 322 g/mol. The summed E-state index contributed by atoms with van der Waals surface area (Å²) in [5.41, 5.74) is 0.683. The molecule has 1 aromatic carbocycles. The van der Waals surface area contributed by atoms with Crippen molar-refractivity contribution >= 4 is 33.4 Å². The number of benzene rings is 1. The molecule has 1 heterocycles. The Kier molecular flexibility index (Phi) is 3.05. The molecule has 2 amide bonds.